The molecule has 2 heterocycles. The number of aromatic nitrogens is 1. The molecule has 0 radical (unpaired) electrons. The highest BCUT2D eigenvalue weighted by Gasteiger charge is 2.12. The van der Waals surface area contributed by atoms with E-state index in [2.05, 4.69) is 4.98 Å². The molecule has 0 spiro atoms. The van der Waals surface area contributed by atoms with Crippen molar-refractivity contribution in [2.75, 3.05) is 0 Å². The smallest absolute Gasteiger partial charge is 0.336 e. The Kier molecular flexibility index (Phi) is 4.56. The summed E-state index contributed by atoms with van der Waals surface area (Å²) in [6.45, 7) is 1.83. The number of rotatable bonds is 4. The van der Waals surface area contributed by atoms with E-state index in [0.29, 0.717) is 17.0 Å². The van der Waals surface area contributed by atoms with Crippen molar-refractivity contribution >= 4 is 28.3 Å². The molecule has 0 bridgehead atoms. The first-order valence-corrected chi connectivity index (χ1v) is 9.21. The van der Waals surface area contributed by atoms with E-state index in [0.717, 1.165) is 21.5 Å². The van der Waals surface area contributed by atoms with Gasteiger partial charge in [0.1, 0.15) is 16.3 Å². The second-order valence-corrected chi connectivity index (χ2v) is 6.93. The third-order valence-corrected chi connectivity index (χ3v) is 4.99. The van der Waals surface area contributed by atoms with Crippen LogP contribution in [0.3, 0.4) is 0 Å². The van der Waals surface area contributed by atoms with Crippen LogP contribution in [0.2, 0.25) is 0 Å². The zero-order valence-corrected chi connectivity index (χ0v) is 15.3. The number of carbonyl (C=O) groups excluding carboxylic acids is 1. The maximum Gasteiger partial charge on any atom is 0.336 e. The molecule has 0 unspecified atom stereocenters. The fourth-order valence-corrected chi connectivity index (χ4v) is 3.61. The highest BCUT2D eigenvalue weighted by molar-refractivity contribution is 7.13. The van der Waals surface area contributed by atoms with Gasteiger partial charge in [-0.15, -0.1) is 11.3 Å². The maximum absolute atomic E-state index is 12.2. The molecule has 4 rings (SSSR count). The lowest BCUT2D eigenvalue weighted by Gasteiger charge is -2.05. The van der Waals surface area contributed by atoms with E-state index in [1.165, 1.54) is 17.4 Å². The number of thiazole rings is 1. The Hall–Kier alpha value is -3.25. The summed E-state index contributed by atoms with van der Waals surface area (Å²) < 4.78 is 10.6. The Morgan fingerprint density at radius 1 is 1.15 bits per heavy atom. The predicted octanol–water partition coefficient (Wildman–Crippen LogP) is 4.37. The van der Waals surface area contributed by atoms with Crippen LogP contribution in [0.5, 0.6) is 5.75 Å². The molecule has 0 aliphatic carbocycles. The van der Waals surface area contributed by atoms with E-state index >= 15 is 0 Å². The summed E-state index contributed by atoms with van der Waals surface area (Å²) in [5.41, 5.74) is 2.45. The molecule has 0 atom stereocenters. The van der Waals surface area contributed by atoms with Gasteiger partial charge in [-0.05, 0) is 24.6 Å². The zero-order chi connectivity index (χ0) is 18.8. The molecule has 0 saturated heterocycles. The molecule has 5 nitrogen and oxygen atoms in total. The lowest BCUT2D eigenvalue weighted by molar-refractivity contribution is -0.133. The number of aryl methyl sites for hydroxylation is 1. The largest absolute Gasteiger partial charge is 0.426 e. The predicted molar refractivity (Wildman–Crippen MR) is 104 cm³/mol. The lowest BCUT2D eigenvalue weighted by atomic mass is 10.1. The van der Waals surface area contributed by atoms with E-state index in [-0.39, 0.29) is 6.42 Å². The van der Waals surface area contributed by atoms with E-state index in [1.54, 1.807) is 18.2 Å². The molecule has 0 amide bonds. The van der Waals surface area contributed by atoms with Crippen LogP contribution in [0.1, 0.15) is 11.3 Å². The van der Waals surface area contributed by atoms with Crippen molar-refractivity contribution in [3.05, 3.63) is 81.7 Å². The van der Waals surface area contributed by atoms with Crippen molar-refractivity contribution in [1.82, 2.24) is 4.98 Å². The van der Waals surface area contributed by atoms with Gasteiger partial charge in [-0.2, -0.15) is 0 Å². The lowest BCUT2D eigenvalue weighted by Crippen LogP contribution is -2.11. The standard InChI is InChI=1S/C21H15NO4S/c1-13-9-19(23)26-18-11-16(7-8-17(13)18)25-20(24)10-15-12-27-21(22-15)14-5-3-2-4-6-14/h2-9,11-12H,10H2,1H3. The van der Waals surface area contributed by atoms with Gasteiger partial charge in [-0.1, -0.05) is 30.3 Å². The minimum Gasteiger partial charge on any atom is -0.426 e. The molecule has 2 aromatic heterocycles. The first-order valence-electron chi connectivity index (χ1n) is 8.33. The van der Waals surface area contributed by atoms with Crippen molar-refractivity contribution in [3.8, 4) is 16.3 Å². The van der Waals surface area contributed by atoms with Crippen LogP contribution in [-0.4, -0.2) is 11.0 Å². The second kappa shape index (κ2) is 7.17. The van der Waals surface area contributed by atoms with Gasteiger partial charge in [0.2, 0.25) is 0 Å². The van der Waals surface area contributed by atoms with Crippen LogP contribution < -0.4 is 10.4 Å². The number of nitrogens with zero attached hydrogens (tertiary/aromatic N) is 1. The molecular weight excluding hydrogens is 362 g/mol. The first-order chi connectivity index (χ1) is 13.1. The summed E-state index contributed by atoms with van der Waals surface area (Å²) in [5, 5.41) is 3.52. The number of carbonyl (C=O) groups is 1. The SMILES string of the molecule is Cc1cc(=O)oc2cc(OC(=O)Cc3csc(-c4ccccc4)n3)ccc12. The van der Waals surface area contributed by atoms with Crippen LogP contribution in [0.4, 0.5) is 0 Å². The maximum atomic E-state index is 12.2. The van der Waals surface area contributed by atoms with E-state index < -0.39 is 11.6 Å². The highest BCUT2D eigenvalue weighted by Crippen LogP contribution is 2.25. The van der Waals surface area contributed by atoms with Crippen LogP contribution in [-0.2, 0) is 11.2 Å². The molecule has 0 aliphatic heterocycles. The monoisotopic (exact) mass is 377 g/mol. The molecule has 134 valence electrons. The average molecular weight is 377 g/mol. The van der Waals surface area contributed by atoms with E-state index in [4.69, 9.17) is 9.15 Å². The molecule has 0 fully saturated rings. The number of hydrogen-bond acceptors (Lipinski definition) is 6. The molecular formula is C21H15NO4S. The molecule has 2 aromatic carbocycles. The summed E-state index contributed by atoms with van der Waals surface area (Å²) in [5.74, 6) is -0.0889. The minimum absolute atomic E-state index is 0.0686. The van der Waals surface area contributed by atoms with Crippen LogP contribution in [0.25, 0.3) is 21.5 Å². The number of ether oxygens (including phenoxy) is 1. The summed E-state index contributed by atoms with van der Waals surface area (Å²) in [4.78, 5) is 28.3. The Morgan fingerprint density at radius 2 is 1.96 bits per heavy atom. The first kappa shape index (κ1) is 17.2. The van der Waals surface area contributed by atoms with Crippen molar-refractivity contribution in [1.29, 1.82) is 0 Å². The van der Waals surface area contributed by atoms with E-state index in [9.17, 15) is 9.59 Å². The number of hydrogen-bond donors (Lipinski definition) is 0. The van der Waals surface area contributed by atoms with Gasteiger partial charge < -0.3 is 9.15 Å². The van der Waals surface area contributed by atoms with E-state index in [1.807, 2.05) is 42.6 Å². The van der Waals surface area contributed by atoms with Gasteiger partial charge in [-0.25, -0.2) is 9.78 Å². The highest BCUT2D eigenvalue weighted by atomic mass is 32.1. The zero-order valence-electron chi connectivity index (χ0n) is 14.5. The second-order valence-electron chi connectivity index (χ2n) is 6.07. The number of fused-ring (bicyclic) bond motifs is 1. The number of esters is 1. The van der Waals surface area contributed by atoms with Crippen molar-refractivity contribution in [2.24, 2.45) is 0 Å². The topological polar surface area (TPSA) is 69.4 Å². The fraction of sp³-hybridized carbons (Fsp3) is 0.0952. The Balaban J connectivity index is 1.49. The summed E-state index contributed by atoms with van der Waals surface area (Å²) in [6.07, 6.45) is 0.0686. The normalized spacial score (nSPS) is 10.9. The van der Waals surface area contributed by atoms with Crippen LogP contribution in [0, 0.1) is 6.92 Å². The van der Waals surface area contributed by atoms with Gasteiger partial charge in [0.15, 0.2) is 0 Å². The van der Waals surface area contributed by atoms with Gasteiger partial charge in [0.05, 0.1) is 12.1 Å². The molecule has 0 saturated carbocycles. The quantitative estimate of drug-likeness (QED) is 0.300. The molecule has 0 N–H and O–H groups in total. The molecule has 6 heteroatoms. The van der Waals surface area contributed by atoms with Crippen molar-refractivity contribution < 1.29 is 13.9 Å². The third kappa shape index (κ3) is 3.80. The Labute approximate surface area is 158 Å². The Morgan fingerprint density at radius 3 is 2.78 bits per heavy atom. The molecule has 4 aromatic rings. The van der Waals surface area contributed by atoms with Gasteiger partial charge in [0, 0.05) is 28.5 Å². The third-order valence-electron chi connectivity index (χ3n) is 4.05. The van der Waals surface area contributed by atoms with Crippen molar-refractivity contribution in [2.45, 2.75) is 13.3 Å². The number of benzene rings is 2. The van der Waals surface area contributed by atoms with Gasteiger partial charge in [0.25, 0.3) is 0 Å². The molecule has 0 aliphatic rings. The Bertz CT molecular complexity index is 1180. The van der Waals surface area contributed by atoms with Gasteiger partial charge >= 0.3 is 11.6 Å². The minimum atomic E-state index is -0.431. The van der Waals surface area contributed by atoms with Crippen molar-refractivity contribution in [3.63, 3.8) is 0 Å². The summed E-state index contributed by atoms with van der Waals surface area (Å²) in [7, 11) is 0. The van der Waals surface area contributed by atoms with Gasteiger partial charge in [-0.3, -0.25) is 4.79 Å². The van der Waals surface area contributed by atoms with Crippen LogP contribution in [0.15, 0.2) is 69.2 Å². The average Bonchev–Trinajstić information content (AvgIpc) is 3.10. The van der Waals surface area contributed by atoms with Crippen LogP contribution >= 0.6 is 11.3 Å². The summed E-state index contributed by atoms with van der Waals surface area (Å²) in [6, 6.07) is 16.2. The molecule has 27 heavy (non-hydrogen) atoms. The fourth-order valence-electron chi connectivity index (χ4n) is 2.79. The summed E-state index contributed by atoms with van der Waals surface area (Å²) >= 11 is 1.49.